The molecule has 0 aromatic carbocycles. The van der Waals surface area contributed by atoms with Crippen LogP contribution in [0.3, 0.4) is 0 Å². The normalized spacial score (nSPS) is 16.5. The Hall–Kier alpha value is -0.630. The van der Waals surface area contributed by atoms with Gasteiger partial charge in [0.1, 0.15) is 6.29 Å². The van der Waals surface area contributed by atoms with Crippen LogP contribution in [0.1, 0.15) is 85.5 Å². The lowest BCUT2D eigenvalue weighted by Crippen LogP contribution is -2.24. The standard InChI is InChI=1S/C19H36O2/c1-5-6-7-8-9-10-11-12-13-17(3)19(21)18(4)14-16(2)15-20/h14-15,17-19,21H,5-13H2,1-4H3/b16-14+/t17-,18-,19+/m0/s1. The van der Waals surface area contributed by atoms with Crippen molar-refractivity contribution in [3.63, 3.8) is 0 Å². The Morgan fingerprint density at radius 3 is 2.05 bits per heavy atom. The van der Waals surface area contributed by atoms with E-state index in [1.807, 2.05) is 13.0 Å². The first-order chi connectivity index (χ1) is 10.0. The van der Waals surface area contributed by atoms with Gasteiger partial charge in [-0.2, -0.15) is 0 Å². The van der Waals surface area contributed by atoms with Crippen molar-refractivity contribution in [2.24, 2.45) is 11.8 Å². The first kappa shape index (κ1) is 20.4. The molecule has 0 aliphatic rings. The third-order valence-corrected chi connectivity index (χ3v) is 4.35. The van der Waals surface area contributed by atoms with E-state index in [0.717, 1.165) is 12.7 Å². The predicted molar refractivity (Wildman–Crippen MR) is 91.4 cm³/mol. The van der Waals surface area contributed by atoms with E-state index in [2.05, 4.69) is 13.8 Å². The minimum Gasteiger partial charge on any atom is -0.392 e. The molecule has 0 unspecified atom stereocenters. The number of hydrogen-bond acceptors (Lipinski definition) is 2. The zero-order valence-corrected chi connectivity index (χ0v) is 14.6. The summed E-state index contributed by atoms with van der Waals surface area (Å²) in [7, 11) is 0. The Kier molecular flexibility index (Phi) is 12.7. The summed E-state index contributed by atoms with van der Waals surface area (Å²) in [6, 6.07) is 0. The molecule has 0 bridgehead atoms. The van der Waals surface area contributed by atoms with Crippen LogP contribution in [0, 0.1) is 11.8 Å². The molecule has 0 aliphatic heterocycles. The maximum Gasteiger partial charge on any atom is 0.145 e. The van der Waals surface area contributed by atoms with Gasteiger partial charge in [-0.1, -0.05) is 78.2 Å². The van der Waals surface area contributed by atoms with E-state index < -0.39 is 0 Å². The highest BCUT2D eigenvalue weighted by Crippen LogP contribution is 2.21. The molecule has 0 aliphatic carbocycles. The van der Waals surface area contributed by atoms with E-state index in [9.17, 15) is 9.90 Å². The van der Waals surface area contributed by atoms with Gasteiger partial charge in [-0.3, -0.25) is 4.79 Å². The lowest BCUT2D eigenvalue weighted by molar-refractivity contribution is -0.104. The summed E-state index contributed by atoms with van der Waals surface area (Å²) in [4.78, 5) is 10.6. The minimum absolute atomic E-state index is 0.0549. The molecule has 0 fully saturated rings. The molecule has 1 N–H and O–H groups in total. The largest absolute Gasteiger partial charge is 0.392 e. The van der Waals surface area contributed by atoms with E-state index in [1.165, 1.54) is 51.4 Å². The van der Waals surface area contributed by atoms with Gasteiger partial charge in [-0.15, -0.1) is 0 Å². The van der Waals surface area contributed by atoms with Crippen LogP contribution in [0.25, 0.3) is 0 Å². The van der Waals surface area contributed by atoms with Gasteiger partial charge >= 0.3 is 0 Å². The molecule has 0 heterocycles. The lowest BCUT2D eigenvalue weighted by atomic mass is 9.88. The first-order valence-electron chi connectivity index (χ1n) is 8.84. The van der Waals surface area contributed by atoms with E-state index in [4.69, 9.17) is 0 Å². The molecular weight excluding hydrogens is 260 g/mol. The van der Waals surface area contributed by atoms with Crippen molar-refractivity contribution in [3.05, 3.63) is 11.6 Å². The van der Waals surface area contributed by atoms with Crippen LogP contribution in [0.4, 0.5) is 0 Å². The number of allylic oxidation sites excluding steroid dienone is 1. The zero-order chi connectivity index (χ0) is 16.1. The van der Waals surface area contributed by atoms with Crippen molar-refractivity contribution in [2.75, 3.05) is 0 Å². The van der Waals surface area contributed by atoms with Crippen LogP contribution in [-0.2, 0) is 4.79 Å². The fraction of sp³-hybridized carbons (Fsp3) is 0.842. The van der Waals surface area contributed by atoms with Crippen molar-refractivity contribution in [2.45, 2.75) is 91.6 Å². The Balaban J connectivity index is 3.73. The highest BCUT2D eigenvalue weighted by molar-refractivity contribution is 5.72. The minimum atomic E-state index is -0.343. The summed E-state index contributed by atoms with van der Waals surface area (Å²) in [5.41, 5.74) is 0.709. The molecule has 2 heteroatoms. The van der Waals surface area contributed by atoms with E-state index in [0.29, 0.717) is 11.5 Å². The Morgan fingerprint density at radius 1 is 1.00 bits per heavy atom. The smallest absolute Gasteiger partial charge is 0.145 e. The third-order valence-electron chi connectivity index (χ3n) is 4.35. The van der Waals surface area contributed by atoms with Crippen LogP contribution < -0.4 is 0 Å². The third kappa shape index (κ3) is 10.7. The van der Waals surface area contributed by atoms with Crippen LogP contribution in [-0.4, -0.2) is 17.5 Å². The fourth-order valence-electron chi connectivity index (χ4n) is 2.84. The topological polar surface area (TPSA) is 37.3 Å². The second kappa shape index (κ2) is 13.1. The molecule has 0 spiro atoms. The molecule has 0 amide bonds. The van der Waals surface area contributed by atoms with Crippen LogP contribution >= 0.6 is 0 Å². The van der Waals surface area contributed by atoms with Crippen molar-refractivity contribution in [1.82, 2.24) is 0 Å². The van der Waals surface area contributed by atoms with Gasteiger partial charge in [0.25, 0.3) is 0 Å². The number of rotatable bonds is 13. The van der Waals surface area contributed by atoms with E-state index in [-0.39, 0.29) is 12.0 Å². The van der Waals surface area contributed by atoms with Gasteiger partial charge in [-0.05, 0) is 24.8 Å². The molecule has 0 aromatic heterocycles. The fourth-order valence-corrected chi connectivity index (χ4v) is 2.84. The molecular formula is C19H36O2. The molecule has 0 aromatic rings. The van der Waals surface area contributed by atoms with Crippen molar-refractivity contribution < 1.29 is 9.90 Å². The highest BCUT2D eigenvalue weighted by Gasteiger charge is 2.19. The molecule has 2 nitrogen and oxygen atoms in total. The monoisotopic (exact) mass is 296 g/mol. The van der Waals surface area contributed by atoms with Crippen molar-refractivity contribution >= 4 is 6.29 Å². The number of aliphatic hydroxyl groups excluding tert-OH is 1. The molecule has 0 saturated heterocycles. The molecule has 3 atom stereocenters. The summed E-state index contributed by atoms with van der Waals surface area (Å²) >= 11 is 0. The average molecular weight is 296 g/mol. The lowest BCUT2D eigenvalue weighted by Gasteiger charge is -2.23. The number of unbranched alkanes of at least 4 members (excludes halogenated alkanes) is 7. The zero-order valence-electron chi connectivity index (χ0n) is 14.6. The number of carbonyl (C=O) groups is 1. The Morgan fingerprint density at radius 2 is 1.52 bits per heavy atom. The predicted octanol–water partition coefficient (Wildman–Crippen LogP) is 5.30. The van der Waals surface area contributed by atoms with E-state index >= 15 is 0 Å². The molecule has 0 saturated carbocycles. The van der Waals surface area contributed by atoms with Gasteiger partial charge in [0, 0.05) is 5.92 Å². The summed E-state index contributed by atoms with van der Waals surface area (Å²) < 4.78 is 0. The van der Waals surface area contributed by atoms with Gasteiger partial charge in [0.15, 0.2) is 0 Å². The quantitative estimate of drug-likeness (QED) is 0.284. The molecule has 0 rings (SSSR count). The average Bonchev–Trinajstić information content (AvgIpc) is 2.48. The van der Waals surface area contributed by atoms with Crippen molar-refractivity contribution in [3.8, 4) is 0 Å². The van der Waals surface area contributed by atoms with Crippen LogP contribution in [0.5, 0.6) is 0 Å². The highest BCUT2D eigenvalue weighted by atomic mass is 16.3. The number of aldehydes is 1. The van der Waals surface area contributed by atoms with Gasteiger partial charge in [-0.25, -0.2) is 0 Å². The Bertz CT molecular complexity index is 283. The number of carbonyl (C=O) groups excluding carboxylic acids is 1. The summed E-state index contributed by atoms with van der Waals surface area (Å²) in [5.74, 6) is 0.357. The van der Waals surface area contributed by atoms with Crippen LogP contribution in [0.15, 0.2) is 11.6 Å². The van der Waals surface area contributed by atoms with E-state index in [1.54, 1.807) is 6.92 Å². The maximum atomic E-state index is 10.6. The van der Waals surface area contributed by atoms with Crippen LogP contribution in [0.2, 0.25) is 0 Å². The second-order valence-corrected chi connectivity index (χ2v) is 6.62. The summed E-state index contributed by atoms with van der Waals surface area (Å²) in [6.45, 7) is 8.15. The van der Waals surface area contributed by atoms with Gasteiger partial charge in [0.2, 0.25) is 0 Å². The SMILES string of the molecule is CCCCCCCCCC[C@H](C)[C@@H](O)[C@@H](C)/C=C(\C)C=O. The maximum absolute atomic E-state index is 10.6. The van der Waals surface area contributed by atoms with Gasteiger partial charge in [0.05, 0.1) is 6.10 Å². The van der Waals surface area contributed by atoms with Gasteiger partial charge < -0.3 is 5.11 Å². The summed E-state index contributed by atoms with van der Waals surface area (Å²) in [5, 5.41) is 10.3. The number of hydrogen-bond donors (Lipinski definition) is 1. The number of aliphatic hydroxyl groups is 1. The Labute approximate surface area is 132 Å². The second-order valence-electron chi connectivity index (χ2n) is 6.62. The summed E-state index contributed by atoms with van der Waals surface area (Å²) in [6.07, 6.45) is 14.1. The first-order valence-corrected chi connectivity index (χ1v) is 8.84. The molecule has 124 valence electrons. The van der Waals surface area contributed by atoms with Crippen molar-refractivity contribution in [1.29, 1.82) is 0 Å². The molecule has 21 heavy (non-hydrogen) atoms. The molecule has 0 radical (unpaired) electrons.